The van der Waals surface area contributed by atoms with Crippen LogP contribution in [0.4, 0.5) is 4.39 Å². The van der Waals surface area contributed by atoms with Crippen LogP contribution in [-0.4, -0.2) is 91.0 Å². The minimum Gasteiger partial charge on any atom is -0.379 e. The highest BCUT2D eigenvalue weighted by Crippen LogP contribution is 2.24. The number of morpholine rings is 1. The van der Waals surface area contributed by atoms with Crippen LogP contribution in [-0.2, 0) is 38.2 Å². The average molecular weight is 566 g/mol. The Morgan fingerprint density at radius 1 is 1.16 bits per heavy atom. The number of hydrogen-bond donors (Lipinski definition) is 1. The molecule has 1 aromatic carbocycles. The zero-order valence-corrected chi connectivity index (χ0v) is 23.2. The third-order valence-corrected chi connectivity index (χ3v) is 9.17. The highest BCUT2D eigenvalue weighted by Gasteiger charge is 2.29. The van der Waals surface area contributed by atoms with Crippen molar-refractivity contribution in [3.8, 4) is 0 Å². The number of rotatable bonds is 11. The average Bonchev–Trinajstić information content (AvgIpc) is 3.39. The number of thiocarbonyl (C=S) groups is 1. The molecular formula is C26H36FN5O4S2. The van der Waals surface area contributed by atoms with Gasteiger partial charge in [-0.3, -0.25) is 4.90 Å². The van der Waals surface area contributed by atoms with Gasteiger partial charge in [-0.05, 0) is 55.6 Å². The molecule has 208 valence electrons. The number of imidazole rings is 1. The van der Waals surface area contributed by atoms with Crippen LogP contribution in [0, 0.1) is 5.82 Å². The number of aromatic nitrogens is 2. The molecule has 1 aromatic heterocycles. The van der Waals surface area contributed by atoms with Gasteiger partial charge in [0.25, 0.3) is 0 Å². The molecule has 3 fully saturated rings. The Kier molecular flexibility index (Phi) is 8.94. The summed E-state index contributed by atoms with van der Waals surface area (Å²) in [6.45, 7) is 6.31. The van der Waals surface area contributed by atoms with Gasteiger partial charge in [0.05, 0.1) is 50.1 Å². The van der Waals surface area contributed by atoms with Crippen molar-refractivity contribution in [1.29, 1.82) is 0 Å². The smallest absolute Gasteiger partial charge is 0.228 e. The second-order valence-electron chi connectivity index (χ2n) is 10.3. The van der Waals surface area contributed by atoms with Gasteiger partial charge in [-0.25, -0.2) is 17.8 Å². The lowest BCUT2D eigenvalue weighted by Gasteiger charge is -2.31. The van der Waals surface area contributed by atoms with Crippen LogP contribution in [0.25, 0.3) is 0 Å². The van der Waals surface area contributed by atoms with E-state index in [9.17, 15) is 12.8 Å². The summed E-state index contributed by atoms with van der Waals surface area (Å²) >= 11 is 5.79. The second-order valence-corrected chi connectivity index (χ2v) is 12.5. The van der Waals surface area contributed by atoms with E-state index in [-0.39, 0.29) is 17.0 Å². The molecule has 0 radical (unpaired) electrons. The molecule has 1 aliphatic carbocycles. The first kappa shape index (κ1) is 27.4. The van der Waals surface area contributed by atoms with Gasteiger partial charge in [0.1, 0.15) is 5.82 Å². The third kappa shape index (κ3) is 7.29. The first-order valence-corrected chi connectivity index (χ1v) is 15.4. The maximum absolute atomic E-state index is 13.5. The topological polar surface area (TPSA) is 88.9 Å². The number of benzene rings is 1. The van der Waals surface area contributed by atoms with Crippen molar-refractivity contribution >= 4 is 27.2 Å². The molecule has 1 atom stereocenters. The van der Waals surface area contributed by atoms with Crippen molar-refractivity contribution in [2.24, 2.45) is 0 Å². The van der Waals surface area contributed by atoms with Crippen LogP contribution >= 0.6 is 12.2 Å². The number of nitrogens with one attached hydrogen (secondary N) is 1. The summed E-state index contributed by atoms with van der Waals surface area (Å²) in [6.07, 6.45) is 5.63. The molecule has 0 spiro atoms. The fraction of sp³-hybridized carbons (Fsp3) is 0.615. The van der Waals surface area contributed by atoms with Crippen molar-refractivity contribution < 1.29 is 22.3 Å². The van der Waals surface area contributed by atoms with Gasteiger partial charge in [-0.2, -0.15) is 0 Å². The first-order chi connectivity index (χ1) is 18.4. The Morgan fingerprint density at radius 3 is 2.61 bits per heavy atom. The molecule has 9 nitrogen and oxygen atoms in total. The Hall–Kier alpha value is -2.12. The third-order valence-electron chi connectivity index (χ3n) is 7.19. The quantitative estimate of drug-likeness (QED) is 0.413. The number of sulfone groups is 1. The molecule has 3 aliphatic rings. The second kappa shape index (κ2) is 12.4. The molecule has 0 amide bonds. The largest absolute Gasteiger partial charge is 0.379 e. The van der Waals surface area contributed by atoms with Gasteiger partial charge >= 0.3 is 0 Å². The molecule has 2 aliphatic heterocycles. The molecule has 2 aromatic rings. The standard InChI is InChI=1S/C26H36FN5O4S2/c27-21-5-3-20(4-6-21)19-38(33,34)26-28-16-23(32(26)18-24-2-1-13-36-24)17-31(25(37)29-22-7-8-22)10-9-30-11-14-35-15-12-30/h3-6,16,22,24H,1-2,7-15,17-19H2,(H,29,37)/t24-/m0/s1. The summed E-state index contributed by atoms with van der Waals surface area (Å²) in [5.41, 5.74) is 1.29. The maximum atomic E-state index is 13.5. The monoisotopic (exact) mass is 565 g/mol. The van der Waals surface area contributed by atoms with E-state index in [1.54, 1.807) is 10.8 Å². The molecule has 0 bridgehead atoms. The molecule has 12 heteroatoms. The summed E-state index contributed by atoms with van der Waals surface area (Å²) in [6, 6.07) is 5.95. The van der Waals surface area contributed by atoms with Crippen LogP contribution in [0.3, 0.4) is 0 Å². The lowest BCUT2D eigenvalue weighted by molar-refractivity contribution is 0.0356. The summed E-state index contributed by atoms with van der Waals surface area (Å²) < 4.78 is 53.5. The predicted molar refractivity (Wildman–Crippen MR) is 145 cm³/mol. The summed E-state index contributed by atoms with van der Waals surface area (Å²) in [4.78, 5) is 8.88. The van der Waals surface area contributed by atoms with Gasteiger partial charge < -0.3 is 24.3 Å². The highest BCUT2D eigenvalue weighted by molar-refractivity contribution is 7.90. The van der Waals surface area contributed by atoms with E-state index in [4.69, 9.17) is 21.7 Å². The van der Waals surface area contributed by atoms with Crippen LogP contribution in [0.2, 0.25) is 0 Å². The van der Waals surface area contributed by atoms with Crippen LogP contribution in [0.15, 0.2) is 35.6 Å². The van der Waals surface area contributed by atoms with Gasteiger partial charge in [0.2, 0.25) is 15.0 Å². The normalized spacial score (nSPS) is 20.5. The highest BCUT2D eigenvalue weighted by atomic mass is 32.2. The molecule has 2 saturated heterocycles. The van der Waals surface area contributed by atoms with Crippen molar-refractivity contribution in [3.05, 3.63) is 47.5 Å². The summed E-state index contributed by atoms with van der Waals surface area (Å²) in [7, 11) is -3.79. The van der Waals surface area contributed by atoms with Crippen molar-refractivity contribution in [1.82, 2.24) is 24.7 Å². The Labute approximate surface area is 229 Å². The number of halogens is 1. The van der Waals surface area contributed by atoms with E-state index >= 15 is 0 Å². The zero-order valence-electron chi connectivity index (χ0n) is 21.6. The number of ether oxygens (including phenoxy) is 2. The van der Waals surface area contributed by atoms with E-state index < -0.39 is 15.7 Å². The maximum Gasteiger partial charge on any atom is 0.228 e. The van der Waals surface area contributed by atoms with Gasteiger partial charge in [0.15, 0.2) is 5.11 Å². The van der Waals surface area contributed by atoms with Gasteiger partial charge in [-0.15, -0.1) is 0 Å². The molecular weight excluding hydrogens is 529 g/mol. The molecule has 38 heavy (non-hydrogen) atoms. The minimum absolute atomic E-state index is 0.0153. The fourth-order valence-electron chi connectivity index (χ4n) is 4.85. The SMILES string of the molecule is O=S(=O)(Cc1ccc(F)cc1)c1ncc(CN(CCN2CCOCC2)C(=S)NC2CC2)n1C[C@@H]1CCCO1. The van der Waals surface area contributed by atoms with E-state index in [0.717, 1.165) is 64.2 Å². The first-order valence-electron chi connectivity index (χ1n) is 13.4. The predicted octanol–water partition coefficient (Wildman–Crippen LogP) is 2.35. The van der Waals surface area contributed by atoms with E-state index in [2.05, 4.69) is 20.1 Å². The van der Waals surface area contributed by atoms with Crippen molar-refractivity contribution in [2.45, 2.75) is 61.8 Å². The number of nitrogens with zero attached hydrogens (tertiary/aromatic N) is 4. The molecule has 1 saturated carbocycles. The van der Waals surface area contributed by atoms with Crippen molar-refractivity contribution in [3.63, 3.8) is 0 Å². The van der Waals surface area contributed by atoms with Crippen LogP contribution in [0.5, 0.6) is 0 Å². The van der Waals surface area contributed by atoms with Gasteiger partial charge in [-0.1, -0.05) is 12.1 Å². The molecule has 0 unspecified atom stereocenters. The van der Waals surface area contributed by atoms with Crippen LogP contribution < -0.4 is 5.32 Å². The minimum atomic E-state index is -3.79. The fourth-order valence-corrected chi connectivity index (χ4v) is 6.67. The van der Waals surface area contributed by atoms with Gasteiger partial charge in [0, 0.05) is 38.8 Å². The zero-order chi connectivity index (χ0) is 26.5. The number of hydrogen-bond acceptors (Lipinski definition) is 7. The molecule has 5 rings (SSSR count). The lowest BCUT2D eigenvalue weighted by Crippen LogP contribution is -2.46. The lowest BCUT2D eigenvalue weighted by atomic mass is 10.2. The van der Waals surface area contributed by atoms with Crippen molar-refractivity contribution in [2.75, 3.05) is 46.0 Å². The van der Waals surface area contributed by atoms with E-state index in [0.29, 0.717) is 43.0 Å². The Morgan fingerprint density at radius 2 is 1.92 bits per heavy atom. The van der Waals surface area contributed by atoms with E-state index in [1.807, 2.05) is 0 Å². The summed E-state index contributed by atoms with van der Waals surface area (Å²) in [5.74, 6) is -0.654. The molecule has 3 heterocycles. The molecule has 1 N–H and O–H groups in total. The summed E-state index contributed by atoms with van der Waals surface area (Å²) in [5, 5.41) is 4.14. The van der Waals surface area contributed by atoms with Crippen LogP contribution in [0.1, 0.15) is 36.9 Å². The Balaban J connectivity index is 1.38. The Bertz CT molecular complexity index is 1190. The van der Waals surface area contributed by atoms with E-state index in [1.165, 1.54) is 24.3 Å².